The average Bonchev–Trinajstić information content (AvgIpc) is 2.39. The number of nitrogens with zero attached hydrogens (tertiary/aromatic N) is 3. The van der Waals surface area contributed by atoms with Crippen LogP contribution in [0.1, 0.15) is 19.0 Å². The molecule has 1 saturated heterocycles. The van der Waals surface area contributed by atoms with Gasteiger partial charge in [-0.15, -0.1) is 0 Å². The third-order valence-electron chi connectivity index (χ3n) is 3.09. The van der Waals surface area contributed by atoms with Crippen molar-refractivity contribution in [1.82, 2.24) is 9.97 Å². The van der Waals surface area contributed by atoms with Crippen LogP contribution in [-0.4, -0.2) is 45.1 Å². The average molecular weight is 285 g/mol. The van der Waals surface area contributed by atoms with Crippen LogP contribution in [0.4, 0.5) is 10.2 Å². The van der Waals surface area contributed by atoms with E-state index in [4.69, 9.17) is 5.11 Å². The molecule has 0 radical (unpaired) electrons. The first kappa shape index (κ1) is 14.0. The molecule has 1 aromatic rings. The lowest BCUT2D eigenvalue weighted by Crippen LogP contribution is -2.44. The van der Waals surface area contributed by atoms with Crippen LogP contribution in [0.5, 0.6) is 0 Å². The molecule has 0 aromatic carbocycles. The molecule has 5 nitrogen and oxygen atoms in total. The molecule has 0 spiro atoms. The molecule has 1 aliphatic rings. The molecule has 19 heavy (non-hydrogen) atoms. The zero-order valence-corrected chi connectivity index (χ0v) is 11.5. The number of rotatable bonds is 4. The molecular formula is C12H16FN3O2S. The maximum atomic E-state index is 14.2. The molecule has 0 saturated carbocycles. The Bertz CT molecular complexity index is 472. The van der Waals surface area contributed by atoms with Crippen LogP contribution in [0.25, 0.3) is 0 Å². The minimum absolute atomic E-state index is 0.00208. The molecule has 0 amide bonds. The zero-order chi connectivity index (χ0) is 13.8. The molecule has 1 fully saturated rings. The van der Waals surface area contributed by atoms with Crippen molar-refractivity contribution < 1.29 is 14.3 Å². The fraction of sp³-hybridized carbons (Fsp3) is 0.583. The van der Waals surface area contributed by atoms with Crippen molar-refractivity contribution in [2.24, 2.45) is 0 Å². The van der Waals surface area contributed by atoms with Crippen LogP contribution in [0.2, 0.25) is 0 Å². The first-order valence-corrected chi connectivity index (χ1v) is 7.34. The topological polar surface area (TPSA) is 66.3 Å². The number of aryl methyl sites for hydroxylation is 1. The lowest BCUT2D eigenvalue weighted by molar-refractivity contribution is -0.137. The molecule has 1 aromatic heterocycles. The van der Waals surface area contributed by atoms with Gasteiger partial charge in [0.05, 0.1) is 18.2 Å². The summed E-state index contributed by atoms with van der Waals surface area (Å²) in [7, 11) is 0. The largest absolute Gasteiger partial charge is 0.481 e. The van der Waals surface area contributed by atoms with E-state index >= 15 is 0 Å². The first-order valence-electron chi connectivity index (χ1n) is 6.19. The predicted molar refractivity (Wildman–Crippen MR) is 72.1 cm³/mol. The lowest BCUT2D eigenvalue weighted by Gasteiger charge is -2.35. The van der Waals surface area contributed by atoms with Crippen molar-refractivity contribution in [1.29, 1.82) is 0 Å². The van der Waals surface area contributed by atoms with E-state index in [-0.39, 0.29) is 18.3 Å². The summed E-state index contributed by atoms with van der Waals surface area (Å²) < 4.78 is 14.2. The van der Waals surface area contributed by atoms with Crippen molar-refractivity contribution in [3.8, 4) is 0 Å². The van der Waals surface area contributed by atoms with Gasteiger partial charge in [-0.3, -0.25) is 4.79 Å². The van der Waals surface area contributed by atoms with Crippen LogP contribution in [0, 0.1) is 5.82 Å². The van der Waals surface area contributed by atoms with Crippen molar-refractivity contribution in [3.63, 3.8) is 0 Å². The number of halogens is 1. The maximum Gasteiger partial charge on any atom is 0.305 e. The van der Waals surface area contributed by atoms with Crippen molar-refractivity contribution >= 4 is 23.5 Å². The van der Waals surface area contributed by atoms with Crippen molar-refractivity contribution in [3.05, 3.63) is 17.8 Å². The van der Waals surface area contributed by atoms with Gasteiger partial charge in [0.15, 0.2) is 11.6 Å². The third-order valence-corrected chi connectivity index (χ3v) is 4.18. The molecule has 7 heteroatoms. The minimum Gasteiger partial charge on any atom is -0.481 e. The van der Waals surface area contributed by atoms with Gasteiger partial charge in [0, 0.05) is 18.1 Å². The van der Waals surface area contributed by atoms with Gasteiger partial charge in [-0.2, -0.15) is 11.8 Å². The summed E-state index contributed by atoms with van der Waals surface area (Å²) in [4.78, 5) is 20.6. The molecule has 1 atom stereocenters. The molecule has 0 aliphatic carbocycles. The summed E-state index contributed by atoms with van der Waals surface area (Å²) in [6, 6.07) is -0.217. The summed E-state index contributed by atoms with van der Waals surface area (Å²) >= 11 is 1.69. The summed E-state index contributed by atoms with van der Waals surface area (Å²) in [6.45, 7) is 2.44. The van der Waals surface area contributed by atoms with Crippen LogP contribution >= 0.6 is 11.8 Å². The standard InChI is InChI=1S/C12H16FN3O2S/c1-2-9-11(13)12(15-7-14-9)16-3-4-19-6-8(16)5-10(17)18/h7-8H,2-6H2,1H3,(H,17,18). The Morgan fingerprint density at radius 1 is 1.63 bits per heavy atom. The van der Waals surface area contributed by atoms with Gasteiger partial charge in [-0.25, -0.2) is 14.4 Å². The fourth-order valence-electron chi connectivity index (χ4n) is 2.15. The Hall–Kier alpha value is -1.37. The Balaban J connectivity index is 2.29. The number of carboxylic acid groups (broad SMARTS) is 1. The predicted octanol–water partition coefficient (Wildman–Crippen LogP) is 1.57. The SMILES string of the molecule is CCc1ncnc(N2CCSCC2CC(=O)O)c1F. The van der Waals surface area contributed by atoms with Crippen LogP contribution in [0.3, 0.4) is 0 Å². The molecule has 2 heterocycles. The molecule has 1 aliphatic heterocycles. The van der Waals surface area contributed by atoms with Crippen molar-refractivity contribution in [2.45, 2.75) is 25.8 Å². The van der Waals surface area contributed by atoms with E-state index in [1.807, 2.05) is 6.92 Å². The Labute approximate surface area is 115 Å². The quantitative estimate of drug-likeness (QED) is 0.906. The maximum absolute atomic E-state index is 14.2. The second-order valence-electron chi connectivity index (χ2n) is 4.33. The van der Waals surface area contributed by atoms with Gasteiger partial charge in [0.2, 0.25) is 0 Å². The Morgan fingerprint density at radius 3 is 3.11 bits per heavy atom. The van der Waals surface area contributed by atoms with Gasteiger partial charge >= 0.3 is 5.97 Å². The van der Waals surface area contributed by atoms with Gasteiger partial charge < -0.3 is 10.0 Å². The van der Waals surface area contributed by atoms with Gasteiger partial charge in [0.1, 0.15) is 6.33 Å². The number of carbonyl (C=O) groups is 1. The molecule has 1 unspecified atom stereocenters. The fourth-order valence-corrected chi connectivity index (χ4v) is 3.21. The van der Waals surface area contributed by atoms with Gasteiger partial charge in [0.25, 0.3) is 0 Å². The second kappa shape index (κ2) is 6.18. The van der Waals surface area contributed by atoms with E-state index in [0.29, 0.717) is 24.4 Å². The first-order chi connectivity index (χ1) is 9.13. The van der Waals surface area contributed by atoms with E-state index in [9.17, 15) is 9.18 Å². The molecular weight excluding hydrogens is 269 g/mol. The molecule has 1 N–H and O–H groups in total. The molecule has 2 rings (SSSR count). The number of thioether (sulfide) groups is 1. The molecule has 0 bridgehead atoms. The summed E-state index contributed by atoms with van der Waals surface area (Å²) in [5.74, 6) is 0.464. The van der Waals surface area contributed by atoms with E-state index in [0.717, 1.165) is 5.75 Å². The van der Waals surface area contributed by atoms with Crippen molar-refractivity contribution in [2.75, 3.05) is 23.0 Å². The van der Waals surface area contributed by atoms with E-state index < -0.39 is 11.8 Å². The van der Waals surface area contributed by atoms with E-state index in [1.165, 1.54) is 6.33 Å². The number of anilines is 1. The smallest absolute Gasteiger partial charge is 0.305 e. The van der Waals surface area contributed by atoms with Gasteiger partial charge in [-0.1, -0.05) is 6.92 Å². The summed E-state index contributed by atoms with van der Waals surface area (Å²) in [5, 5.41) is 8.94. The third kappa shape index (κ3) is 3.15. The highest BCUT2D eigenvalue weighted by Gasteiger charge is 2.28. The summed E-state index contributed by atoms with van der Waals surface area (Å²) in [5.41, 5.74) is 0.373. The number of carboxylic acids is 1. The Kier molecular flexibility index (Phi) is 4.57. The highest BCUT2D eigenvalue weighted by Crippen LogP contribution is 2.27. The van der Waals surface area contributed by atoms with Gasteiger partial charge in [-0.05, 0) is 6.42 Å². The number of aromatic nitrogens is 2. The minimum atomic E-state index is -0.873. The lowest BCUT2D eigenvalue weighted by atomic mass is 10.2. The van der Waals surface area contributed by atoms with Crippen LogP contribution < -0.4 is 4.90 Å². The van der Waals surface area contributed by atoms with Crippen LogP contribution in [0.15, 0.2) is 6.33 Å². The normalized spacial score (nSPS) is 19.5. The highest BCUT2D eigenvalue weighted by molar-refractivity contribution is 7.99. The van der Waals surface area contributed by atoms with E-state index in [2.05, 4.69) is 9.97 Å². The number of aliphatic carboxylic acids is 1. The monoisotopic (exact) mass is 285 g/mol. The van der Waals surface area contributed by atoms with E-state index in [1.54, 1.807) is 16.7 Å². The Morgan fingerprint density at radius 2 is 2.42 bits per heavy atom. The van der Waals surface area contributed by atoms with Crippen LogP contribution in [-0.2, 0) is 11.2 Å². The second-order valence-corrected chi connectivity index (χ2v) is 5.48. The number of hydrogen-bond donors (Lipinski definition) is 1. The highest BCUT2D eigenvalue weighted by atomic mass is 32.2. The zero-order valence-electron chi connectivity index (χ0n) is 10.7. The summed E-state index contributed by atoms with van der Waals surface area (Å²) in [6.07, 6.45) is 1.84. The number of hydrogen-bond acceptors (Lipinski definition) is 5. The molecule has 104 valence electrons.